The third kappa shape index (κ3) is 17.7. The van der Waals surface area contributed by atoms with Crippen LogP contribution in [0.4, 0.5) is 0 Å². The van der Waals surface area contributed by atoms with Gasteiger partial charge < -0.3 is 9.16 Å². The zero-order valence-electron chi connectivity index (χ0n) is 18.5. The zero-order chi connectivity index (χ0) is 20.5. The van der Waals surface area contributed by atoms with Gasteiger partial charge in [-0.15, -0.1) is 0 Å². The van der Waals surface area contributed by atoms with Crippen molar-refractivity contribution in [3.63, 3.8) is 0 Å². The Kier molecular flexibility index (Phi) is 14.2. The van der Waals surface area contributed by atoms with Crippen molar-refractivity contribution in [3.05, 3.63) is 36.5 Å². The third-order valence-corrected chi connectivity index (χ3v) is 4.66. The molecule has 0 aromatic rings. The molecule has 0 aromatic carbocycles. The van der Waals surface area contributed by atoms with Gasteiger partial charge in [0.25, 0.3) is 0 Å². The maximum atomic E-state index is 11.0. The fourth-order valence-electron chi connectivity index (χ4n) is 2.34. The number of carbonyl (C=O) groups is 1. The molecule has 0 spiro atoms. The number of ether oxygens (including phenoxy) is 1. The van der Waals surface area contributed by atoms with Crippen molar-refractivity contribution in [2.75, 3.05) is 7.11 Å². The van der Waals surface area contributed by atoms with Crippen LogP contribution in [0.5, 0.6) is 0 Å². The Balaban J connectivity index is 4.37. The van der Waals surface area contributed by atoms with Crippen molar-refractivity contribution >= 4 is 14.3 Å². The van der Waals surface area contributed by atoms with Gasteiger partial charge in [0.2, 0.25) is 0 Å². The lowest BCUT2D eigenvalue weighted by Gasteiger charge is -2.22. The van der Waals surface area contributed by atoms with Crippen LogP contribution in [0.25, 0.3) is 0 Å². The van der Waals surface area contributed by atoms with E-state index in [2.05, 4.69) is 43.5 Å². The van der Waals surface area contributed by atoms with Crippen LogP contribution >= 0.6 is 0 Å². The van der Waals surface area contributed by atoms with Crippen LogP contribution in [-0.4, -0.2) is 27.5 Å². The average Bonchev–Trinajstić information content (AvgIpc) is 2.60. The number of carbonyl (C=O) groups excluding carboxylic acids is 1. The van der Waals surface area contributed by atoms with E-state index in [0.29, 0.717) is 6.42 Å². The van der Waals surface area contributed by atoms with E-state index in [1.165, 1.54) is 26.4 Å². The minimum Gasteiger partial charge on any atom is -0.469 e. The molecule has 0 bridgehead atoms. The summed E-state index contributed by atoms with van der Waals surface area (Å²) in [6.45, 7) is 8.77. The first kappa shape index (κ1) is 22.9. The first-order valence-electron chi connectivity index (χ1n) is 10.5. The minimum absolute atomic E-state index is 0.0420. The van der Waals surface area contributed by atoms with Crippen molar-refractivity contribution < 1.29 is 15.3 Å². The van der Waals surface area contributed by atoms with Gasteiger partial charge in [-0.05, 0) is 58.1 Å². The third-order valence-electron chi connectivity index (χ3n) is 3.68. The Morgan fingerprint density at radius 2 is 1.65 bits per heavy atom. The first-order valence-corrected chi connectivity index (χ1v) is 13.4. The molecule has 0 radical (unpaired) electrons. The van der Waals surface area contributed by atoms with Gasteiger partial charge in [0.05, 0.1) is 13.2 Å². The SMILES string of the molecule is [2H][C@@H](/C=C\CCCCC(=O)OC)/C=C\[C@@H](/C=C\CCCCC)O[Si](C)(C)C. The predicted octanol–water partition coefficient (Wildman–Crippen LogP) is 6.58. The summed E-state index contributed by atoms with van der Waals surface area (Å²) in [6, 6.07) is 0. The van der Waals surface area contributed by atoms with Gasteiger partial charge in [-0.3, -0.25) is 4.79 Å². The average molecular weight is 382 g/mol. The molecule has 0 aliphatic carbocycles. The summed E-state index contributed by atoms with van der Waals surface area (Å²) >= 11 is 0. The van der Waals surface area contributed by atoms with Crippen LogP contribution in [0.15, 0.2) is 36.5 Å². The fraction of sp³-hybridized carbons (Fsp3) is 0.682. The standard InChI is InChI=1S/C22H40O3Si/c1-6-7-8-12-15-18-21(25-26(3,4)5)19-16-13-10-9-11-14-17-20-22(23)24-2/h9-10,15-16,18-19,21H,6-8,11-14,17,20H2,1-5H3/b10-9-,18-15-,19-16-/t21-/m1/s1/i13D/t13-,21+/m0. The number of methoxy groups -OCH3 is 1. The van der Waals surface area contributed by atoms with Crippen LogP contribution in [0.3, 0.4) is 0 Å². The minimum atomic E-state index is -1.64. The molecule has 150 valence electrons. The smallest absolute Gasteiger partial charge is 0.305 e. The second-order valence-corrected chi connectivity index (χ2v) is 11.9. The molecule has 0 aliphatic heterocycles. The molecule has 0 aromatic heterocycles. The van der Waals surface area contributed by atoms with E-state index in [4.69, 9.17) is 5.80 Å². The summed E-state index contributed by atoms with van der Waals surface area (Å²) in [5, 5.41) is 0. The normalized spacial score (nSPS) is 15.7. The van der Waals surface area contributed by atoms with E-state index >= 15 is 0 Å². The number of hydrogen-bond acceptors (Lipinski definition) is 3. The molecule has 0 heterocycles. The highest BCUT2D eigenvalue weighted by Crippen LogP contribution is 2.11. The van der Waals surface area contributed by atoms with Crippen molar-refractivity contribution in [1.29, 1.82) is 0 Å². The molecule has 0 fully saturated rings. The first-order chi connectivity index (χ1) is 12.8. The fourth-order valence-corrected chi connectivity index (χ4v) is 3.31. The van der Waals surface area contributed by atoms with Crippen LogP contribution in [0, 0.1) is 0 Å². The topological polar surface area (TPSA) is 35.5 Å². The molecule has 0 N–H and O–H groups in total. The molecule has 0 amide bonds. The molecule has 4 heteroatoms. The Bertz CT molecular complexity index is 467. The Morgan fingerprint density at radius 1 is 1.00 bits per heavy atom. The summed E-state index contributed by atoms with van der Waals surface area (Å²) in [6.07, 6.45) is 19.7. The summed E-state index contributed by atoms with van der Waals surface area (Å²) in [4.78, 5) is 11.0. The summed E-state index contributed by atoms with van der Waals surface area (Å²) in [5.74, 6) is -0.156. The lowest BCUT2D eigenvalue weighted by molar-refractivity contribution is -0.140. The highest BCUT2D eigenvalue weighted by molar-refractivity contribution is 6.69. The van der Waals surface area contributed by atoms with E-state index in [-0.39, 0.29) is 18.5 Å². The zero-order valence-corrected chi connectivity index (χ0v) is 18.5. The maximum Gasteiger partial charge on any atom is 0.305 e. The lowest BCUT2D eigenvalue weighted by Crippen LogP contribution is -2.30. The molecule has 0 saturated carbocycles. The van der Waals surface area contributed by atoms with Crippen LogP contribution < -0.4 is 0 Å². The Morgan fingerprint density at radius 3 is 2.31 bits per heavy atom. The molecule has 0 rings (SSSR count). The second kappa shape index (κ2) is 16.1. The summed E-state index contributed by atoms with van der Waals surface area (Å²) in [5.41, 5.74) is 0. The molecule has 0 unspecified atom stereocenters. The van der Waals surface area contributed by atoms with Gasteiger partial charge in [0.1, 0.15) is 0 Å². The molecule has 0 aliphatic rings. The molecule has 2 atom stereocenters. The number of hydrogen-bond donors (Lipinski definition) is 0. The maximum absolute atomic E-state index is 11.0. The van der Waals surface area contributed by atoms with Crippen molar-refractivity contribution in [3.8, 4) is 0 Å². The number of rotatable bonds is 15. The molecule has 0 saturated heterocycles. The quantitative estimate of drug-likeness (QED) is 0.139. The van der Waals surface area contributed by atoms with Crippen LogP contribution in [-0.2, 0) is 14.0 Å². The van der Waals surface area contributed by atoms with Crippen molar-refractivity contribution in [2.45, 2.75) is 90.4 Å². The summed E-state index contributed by atoms with van der Waals surface area (Å²) in [7, 11) is -0.225. The Hall–Kier alpha value is -1.13. The van der Waals surface area contributed by atoms with Crippen molar-refractivity contribution in [1.82, 2.24) is 0 Å². The van der Waals surface area contributed by atoms with Crippen LogP contribution in [0.1, 0.15) is 66.1 Å². The van der Waals surface area contributed by atoms with E-state index in [1.54, 1.807) is 0 Å². The van der Waals surface area contributed by atoms with E-state index in [9.17, 15) is 4.79 Å². The van der Waals surface area contributed by atoms with Crippen LogP contribution in [0.2, 0.25) is 19.6 Å². The lowest BCUT2D eigenvalue weighted by atomic mass is 10.1. The van der Waals surface area contributed by atoms with Gasteiger partial charge in [-0.2, -0.15) is 0 Å². The molecular formula is C22H40O3Si. The summed E-state index contributed by atoms with van der Waals surface area (Å²) < 4.78 is 18.9. The molecule has 26 heavy (non-hydrogen) atoms. The number of esters is 1. The van der Waals surface area contributed by atoms with Gasteiger partial charge in [-0.25, -0.2) is 0 Å². The largest absolute Gasteiger partial charge is 0.469 e. The monoisotopic (exact) mass is 381 g/mol. The second-order valence-electron chi connectivity index (χ2n) is 7.45. The van der Waals surface area contributed by atoms with E-state index < -0.39 is 8.32 Å². The highest BCUT2D eigenvalue weighted by Gasteiger charge is 2.17. The van der Waals surface area contributed by atoms with Gasteiger partial charge in [0, 0.05) is 7.79 Å². The van der Waals surface area contributed by atoms with Gasteiger partial charge in [-0.1, -0.05) is 56.2 Å². The van der Waals surface area contributed by atoms with E-state index in [0.717, 1.165) is 25.7 Å². The van der Waals surface area contributed by atoms with Gasteiger partial charge in [0.15, 0.2) is 8.32 Å². The number of allylic oxidation sites excluding steroid dienone is 4. The van der Waals surface area contributed by atoms with Crippen molar-refractivity contribution in [2.24, 2.45) is 0 Å². The predicted molar refractivity (Wildman–Crippen MR) is 115 cm³/mol. The Labute approximate surface area is 164 Å². The molecular weight excluding hydrogens is 340 g/mol. The molecule has 3 nitrogen and oxygen atoms in total. The highest BCUT2D eigenvalue weighted by atomic mass is 28.4. The van der Waals surface area contributed by atoms with Gasteiger partial charge >= 0.3 is 5.97 Å². The number of unbranched alkanes of at least 4 members (excludes halogenated alkanes) is 5. The van der Waals surface area contributed by atoms with E-state index in [1.807, 2.05) is 24.3 Å².